The first-order chi connectivity index (χ1) is 7.50. The summed E-state index contributed by atoms with van der Waals surface area (Å²) in [6.07, 6.45) is 5.64. The Morgan fingerprint density at radius 1 is 1.25 bits per heavy atom. The molecule has 1 rings (SSSR count). The van der Waals surface area contributed by atoms with Gasteiger partial charge in [-0.15, -0.1) is 0 Å². The summed E-state index contributed by atoms with van der Waals surface area (Å²) in [6.45, 7) is 8.52. The molecule has 0 spiro atoms. The molecule has 0 aliphatic rings. The molecule has 0 unspecified atom stereocenters. The first kappa shape index (κ1) is 13.0. The van der Waals surface area contributed by atoms with Gasteiger partial charge >= 0.3 is 5.69 Å². The Labute approximate surface area is 97.1 Å². The minimum atomic E-state index is 0.0923. The van der Waals surface area contributed by atoms with Crippen LogP contribution in [0, 0.1) is 5.41 Å². The molecule has 0 saturated heterocycles. The van der Waals surface area contributed by atoms with Gasteiger partial charge < -0.3 is 5.73 Å². The zero-order chi connectivity index (χ0) is 12.2. The van der Waals surface area contributed by atoms with Gasteiger partial charge in [-0.05, 0) is 24.8 Å². The van der Waals surface area contributed by atoms with Crippen LogP contribution in [0.4, 0.5) is 0 Å². The second-order valence-corrected chi connectivity index (χ2v) is 5.09. The Morgan fingerprint density at radius 3 is 2.31 bits per heavy atom. The van der Waals surface area contributed by atoms with Gasteiger partial charge in [-0.3, -0.25) is 9.13 Å². The van der Waals surface area contributed by atoms with Crippen LogP contribution in [0.3, 0.4) is 0 Å². The fraction of sp³-hybridized carbons (Fsp3) is 0.750. The van der Waals surface area contributed by atoms with Gasteiger partial charge in [0.1, 0.15) is 0 Å². The lowest BCUT2D eigenvalue weighted by Gasteiger charge is -2.21. The van der Waals surface area contributed by atoms with Crippen molar-refractivity contribution in [2.24, 2.45) is 11.1 Å². The summed E-state index contributed by atoms with van der Waals surface area (Å²) in [6, 6.07) is 0. The van der Waals surface area contributed by atoms with E-state index >= 15 is 0 Å². The van der Waals surface area contributed by atoms with Gasteiger partial charge in [-0.2, -0.15) is 0 Å². The van der Waals surface area contributed by atoms with Crippen molar-refractivity contribution in [3.63, 3.8) is 0 Å². The highest BCUT2D eigenvalue weighted by atomic mass is 16.1. The molecule has 0 fully saturated rings. The van der Waals surface area contributed by atoms with E-state index in [-0.39, 0.29) is 11.1 Å². The van der Waals surface area contributed by atoms with E-state index in [1.807, 2.05) is 12.4 Å². The van der Waals surface area contributed by atoms with Crippen molar-refractivity contribution in [3.05, 3.63) is 22.9 Å². The summed E-state index contributed by atoms with van der Waals surface area (Å²) in [5, 5.41) is 0. The highest BCUT2D eigenvalue weighted by Crippen LogP contribution is 2.18. The van der Waals surface area contributed by atoms with Crippen LogP contribution >= 0.6 is 0 Å². The van der Waals surface area contributed by atoms with Crippen LogP contribution in [0.5, 0.6) is 0 Å². The van der Waals surface area contributed by atoms with Crippen molar-refractivity contribution in [3.8, 4) is 0 Å². The molecule has 4 heteroatoms. The molecule has 0 aliphatic heterocycles. The van der Waals surface area contributed by atoms with Crippen LogP contribution in [0.2, 0.25) is 0 Å². The minimum absolute atomic E-state index is 0.0923. The van der Waals surface area contributed by atoms with E-state index in [2.05, 4.69) is 20.8 Å². The molecule has 0 amide bonds. The number of aromatic nitrogens is 2. The molecule has 2 N–H and O–H groups in total. The van der Waals surface area contributed by atoms with Crippen molar-refractivity contribution in [2.45, 2.75) is 46.7 Å². The Hall–Kier alpha value is -1.03. The van der Waals surface area contributed by atoms with E-state index in [4.69, 9.17) is 5.73 Å². The zero-order valence-corrected chi connectivity index (χ0v) is 10.6. The molecular weight excluding hydrogens is 202 g/mol. The smallest absolute Gasteiger partial charge is 0.328 e. The summed E-state index contributed by atoms with van der Waals surface area (Å²) in [7, 11) is 0. The Morgan fingerprint density at radius 2 is 1.81 bits per heavy atom. The van der Waals surface area contributed by atoms with Gasteiger partial charge in [0.15, 0.2) is 0 Å². The predicted molar refractivity (Wildman–Crippen MR) is 66.4 cm³/mol. The third kappa shape index (κ3) is 3.23. The topological polar surface area (TPSA) is 52.9 Å². The Kier molecular flexibility index (Phi) is 4.35. The van der Waals surface area contributed by atoms with E-state index in [9.17, 15) is 4.79 Å². The Bertz CT molecular complexity index is 376. The molecule has 92 valence electrons. The number of imidazole rings is 1. The maximum absolute atomic E-state index is 11.9. The van der Waals surface area contributed by atoms with Crippen molar-refractivity contribution in [2.75, 3.05) is 6.54 Å². The SMILES string of the molecule is CCCn1ccn(CCC(C)(C)CN)c1=O. The van der Waals surface area contributed by atoms with Crippen LogP contribution < -0.4 is 11.4 Å². The quantitative estimate of drug-likeness (QED) is 0.796. The number of hydrogen-bond acceptors (Lipinski definition) is 2. The number of rotatable bonds is 6. The van der Waals surface area contributed by atoms with Crippen LogP contribution in [0.25, 0.3) is 0 Å². The van der Waals surface area contributed by atoms with Crippen molar-refractivity contribution >= 4 is 0 Å². The second kappa shape index (κ2) is 5.34. The molecule has 4 nitrogen and oxygen atoms in total. The van der Waals surface area contributed by atoms with Crippen molar-refractivity contribution in [1.82, 2.24) is 9.13 Å². The van der Waals surface area contributed by atoms with Crippen LogP contribution in [0.1, 0.15) is 33.6 Å². The number of hydrogen-bond donors (Lipinski definition) is 1. The molecule has 16 heavy (non-hydrogen) atoms. The molecule has 0 saturated carbocycles. The minimum Gasteiger partial charge on any atom is -0.330 e. The highest BCUT2D eigenvalue weighted by Gasteiger charge is 2.15. The van der Waals surface area contributed by atoms with E-state index in [1.54, 1.807) is 9.13 Å². The average Bonchev–Trinajstić information content (AvgIpc) is 2.59. The largest absolute Gasteiger partial charge is 0.330 e. The lowest BCUT2D eigenvalue weighted by Crippen LogP contribution is -2.29. The average molecular weight is 225 g/mol. The molecule has 0 bridgehead atoms. The monoisotopic (exact) mass is 225 g/mol. The summed E-state index contributed by atoms with van der Waals surface area (Å²) < 4.78 is 3.53. The summed E-state index contributed by atoms with van der Waals surface area (Å²) in [5.41, 5.74) is 5.86. The van der Waals surface area contributed by atoms with Gasteiger partial charge in [0, 0.05) is 25.5 Å². The number of aryl methyl sites for hydroxylation is 2. The Balaban J connectivity index is 2.65. The maximum atomic E-state index is 11.9. The van der Waals surface area contributed by atoms with E-state index in [0.717, 1.165) is 25.9 Å². The molecule has 0 aromatic carbocycles. The zero-order valence-electron chi connectivity index (χ0n) is 10.6. The van der Waals surface area contributed by atoms with Crippen LogP contribution in [-0.2, 0) is 13.1 Å². The van der Waals surface area contributed by atoms with Gasteiger partial charge in [0.2, 0.25) is 0 Å². The molecule has 0 aliphatic carbocycles. The third-order valence-corrected chi connectivity index (χ3v) is 2.96. The maximum Gasteiger partial charge on any atom is 0.328 e. The van der Waals surface area contributed by atoms with Crippen molar-refractivity contribution in [1.29, 1.82) is 0 Å². The van der Waals surface area contributed by atoms with Crippen molar-refractivity contribution < 1.29 is 0 Å². The molecule has 0 radical (unpaired) electrons. The fourth-order valence-electron chi connectivity index (χ4n) is 1.56. The third-order valence-electron chi connectivity index (χ3n) is 2.96. The van der Waals surface area contributed by atoms with E-state index in [0.29, 0.717) is 6.54 Å². The summed E-state index contributed by atoms with van der Waals surface area (Å²) >= 11 is 0. The van der Waals surface area contributed by atoms with Gasteiger partial charge in [-0.25, -0.2) is 4.79 Å². The summed E-state index contributed by atoms with van der Waals surface area (Å²) in [5.74, 6) is 0. The molecule has 1 aromatic heterocycles. The lowest BCUT2D eigenvalue weighted by molar-refractivity contribution is 0.321. The first-order valence-corrected chi connectivity index (χ1v) is 5.96. The van der Waals surface area contributed by atoms with E-state index in [1.165, 1.54) is 0 Å². The molecule has 0 atom stereocenters. The highest BCUT2D eigenvalue weighted by molar-refractivity contribution is 4.82. The van der Waals surface area contributed by atoms with Crippen LogP contribution in [-0.4, -0.2) is 15.7 Å². The van der Waals surface area contributed by atoms with Gasteiger partial charge in [0.05, 0.1) is 0 Å². The predicted octanol–water partition coefficient (Wildman–Crippen LogP) is 1.43. The fourth-order valence-corrected chi connectivity index (χ4v) is 1.56. The molecule has 1 heterocycles. The standard InChI is InChI=1S/C12H23N3O/c1-4-6-14-8-9-15(11(14)16)7-5-12(2,3)10-13/h8-9H,4-7,10,13H2,1-3H3. The van der Waals surface area contributed by atoms with Crippen LogP contribution in [0.15, 0.2) is 17.2 Å². The lowest BCUT2D eigenvalue weighted by atomic mass is 9.90. The van der Waals surface area contributed by atoms with E-state index < -0.39 is 0 Å². The molecular formula is C12H23N3O. The summed E-state index contributed by atoms with van der Waals surface area (Å²) in [4.78, 5) is 11.9. The normalized spacial score (nSPS) is 12.0. The first-order valence-electron chi connectivity index (χ1n) is 5.96. The molecule has 1 aromatic rings. The second-order valence-electron chi connectivity index (χ2n) is 5.09. The number of nitrogens with zero attached hydrogens (tertiary/aromatic N) is 2. The van der Waals surface area contributed by atoms with Gasteiger partial charge in [0.25, 0.3) is 0 Å². The number of nitrogens with two attached hydrogens (primary N) is 1. The van der Waals surface area contributed by atoms with Gasteiger partial charge in [-0.1, -0.05) is 20.8 Å².